The number of rotatable bonds is 7. The molecule has 0 aromatic heterocycles. The fourth-order valence-corrected chi connectivity index (χ4v) is 3.12. The molecule has 4 nitrogen and oxygen atoms in total. The number of hydrogen-bond donors (Lipinski definition) is 1. The SMILES string of the molecule is C=CCC(CC=C)C(=O)N1CCNCC1c1ccccc1OC.Cl. The fourth-order valence-electron chi connectivity index (χ4n) is 3.12. The van der Waals surface area contributed by atoms with E-state index in [0.29, 0.717) is 19.4 Å². The third kappa shape index (κ3) is 4.62. The van der Waals surface area contributed by atoms with Crippen LogP contribution in [-0.4, -0.2) is 37.6 Å². The van der Waals surface area contributed by atoms with Crippen molar-refractivity contribution < 1.29 is 9.53 Å². The summed E-state index contributed by atoms with van der Waals surface area (Å²) in [4.78, 5) is 15.0. The van der Waals surface area contributed by atoms with Crippen LogP contribution in [0.3, 0.4) is 0 Å². The van der Waals surface area contributed by atoms with E-state index < -0.39 is 0 Å². The number of halogens is 1. The maximum Gasteiger partial charge on any atom is 0.226 e. The molecule has 1 saturated heterocycles. The quantitative estimate of drug-likeness (QED) is 0.767. The highest BCUT2D eigenvalue weighted by Gasteiger charge is 2.32. The molecule has 1 heterocycles. The lowest BCUT2D eigenvalue weighted by atomic mass is 9.95. The Morgan fingerprint density at radius 3 is 2.67 bits per heavy atom. The topological polar surface area (TPSA) is 41.6 Å². The lowest BCUT2D eigenvalue weighted by Gasteiger charge is -2.38. The Morgan fingerprint density at radius 1 is 1.38 bits per heavy atom. The van der Waals surface area contributed by atoms with Crippen molar-refractivity contribution in [2.75, 3.05) is 26.7 Å². The van der Waals surface area contributed by atoms with Gasteiger partial charge in [-0.1, -0.05) is 30.4 Å². The van der Waals surface area contributed by atoms with Crippen molar-refractivity contribution in [3.63, 3.8) is 0 Å². The Labute approximate surface area is 151 Å². The van der Waals surface area contributed by atoms with Crippen LogP contribution in [0.5, 0.6) is 5.75 Å². The third-order valence-electron chi connectivity index (χ3n) is 4.28. The molecule has 1 fully saturated rings. The molecule has 132 valence electrons. The molecular weight excluding hydrogens is 324 g/mol. The molecule has 0 saturated carbocycles. The normalized spacial score (nSPS) is 17.1. The summed E-state index contributed by atoms with van der Waals surface area (Å²) in [6, 6.07) is 7.90. The van der Waals surface area contributed by atoms with E-state index in [4.69, 9.17) is 4.74 Å². The Morgan fingerprint density at radius 2 is 2.04 bits per heavy atom. The van der Waals surface area contributed by atoms with Gasteiger partial charge in [-0.3, -0.25) is 4.79 Å². The predicted molar refractivity (Wildman–Crippen MR) is 101 cm³/mol. The number of benzene rings is 1. The number of nitrogens with one attached hydrogen (secondary N) is 1. The minimum atomic E-state index is -0.0830. The van der Waals surface area contributed by atoms with Gasteiger partial charge in [-0.25, -0.2) is 0 Å². The minimum absolute atomic E-state index is 0. The molecule has 24 heavy (non-hydrogen) atoms. The van der Waals surface area contributed by atoms with Gasteiger partial charge < -0.3 is 15.0 Å². The molecule has 5 heteroatoms. The maximum absolute atomic E-state index is 13.0. The summed E-state index contributed by atoms with van der Waals surface area (Å²) >= 11 is 0. The molecular formula is C19H27ClN2O2. The average Bonchev–Trinajstić information content (AvgIpc) is 2.61. The van der Waals surface area contributed by atoms with Crippen molar-refractivity contribution in [2.45, 2.75) is 18.9 Å². The Kier molecular flexibility index (Phi) is 8.58. The molecule has 1 atom stereocenters. The first-order valence-corrected chi connectivity index (χ1v) is 8.08. The van der Waals surface area contributed by atoms with Crippen molar-refractivity contribution in [3.8, 4) is 5.75 Å². The zero-order valence-corrected chi connectivity index (χ0v) is 15.1. The van der Waals surface area contributed by atoms with Gasteiger partial charge >= 0.3 is 0 Å². The van der Waals surface area contributed by atoms with Crippen molar-refractivity contribution in [1.29, 1.82) is 0 Å². The molecule has 0 spiro atoms. The molecule has 1 aliphatic rings. The van der Waals surface area contributed by atoms with Gasteiger partial charge in [0, 0.05) is 31.1 Å². The van der Waals surface area contributed by atoms with Gasteiger partial charge in [0.1, 0.15) is 5.75 Å². The van der Waals surface area contributed by atoms with Crippen LogP contribution in [0.25, 0.3) is 0 Å². The lowest BCUT2D eigenvalue weighted by molar-refractivity contribution is -0.138. The van der Waals surface area contributed by atoms with E-state index in [1.54, 1.807) is 7.11 Å². The molecule has 0 bridgehead atoms. The number of hydrogen-bond acceptors (Lipinski definition) is 3. The second-order valence-corrected chi connectivity index (χ2v) is 5.74. The first-order valence-electron chi connectivity index (χ1n) is 8.08. The first-order chi connectivity index (χ1) is 11.2. The summed E-state index contributed by atoms with van der Waals surface area (Å²) in [5.41, 5.74) is 1.05. The minimum Gasteiger partial charge on any atom is -0.496 e. The van der Waals surface area contributed by atoms with Crippen LogP contribution in [0.2, 0.25) is 0 Å². The molecule has 1 amide bonds. The van der Waals surface area contributed by atoms with Gasteiger partial charge in [-0.15, -0.1) is 25.6 Å². The number of piperazine rings is 1. The smallest absolute Gasteiger partial charge is 0.226 e. The van der Waals surface area contributed by atoms with E-state index in [0.717, 1.165) is 24.4 Å². The van der Waals surface area contributed by atoms with E-state index in [2.05, 4.69) is 18.5 Å². The summed E-state index contributed by atoms with van der Waals surface area (Å²) in [5, 5.41) is 3.38. The second-order valence-electron chi connectivity index (χ2n) is 5.74. The molecule has 0 radical (unpaired) electrons. The van der Waals surface area contributed by atoms with Crippen LogP contribution in [0, 0.1) is 5.92 Å². The second kappa shape index (κ2) is 10.2. The highest BCUT2D eigenvalue weighted by atomic mass is 35.5. The molecule has 1 unspecified atom stereocenters. The van der Waals surface area contributed by atoms with E-state index in [1.165, 1.54) is 0 Å². The van der Waals surface area contributed by atoms with Crippen molar-refractivity contribution in [2.24, 2.45) is 5.92 Å². The van der Waals surface area contributed by atoms with E-state index >= 15 is 0 Å². The summed E-state index contributed by atoms with van der Waals surface area (Å²) in [5.74, 6) is 0.908. The Hall–Kier alpha value is -1.78. The zero-order valence-electron chi connectivity index (χ0n) is 14.2. The largest absolute Gasteiger partial charge is 0.496 e. The van der Waals surface area contributed by atoms with Crippen molar-refractivity contribution in [1.82, 2.24) is 10.2 Å². The van der Waals surface area contributed by atoms with Crippen molar-refractivity contribution in [3.05, 3.63) is 55.1 Å². The van der Waals surface area contributed by atoms with Gasteiger partial charge in [0.25, 0.3) is 0 Å². The number of amides is 1. The first kappa shape index (κ1) is 20.3. The molecule has 1 aromatic rings. The Balaban J connectivity index is 0.00000288. The molecule has 2 rings (SSSR count). The summed E-state index contributed by atoms with van der Waals surface area (Å²) < 4.78 is 5.48. The number of carbonyl (C=O) groups excluding carboxylic acids is 1. The van der Waals surface area contributed by atoms with Gasteiger partial charge in [0.15, 0.2) is 0 Å². The van der Waals surface area contributed by atoms with Crippen LogP contribution in [0.1, 0.15) is 24.4 Å². The molecule has 1 aromatic carbocycles. The zero-order chi connectivity index (χ0) is 16.7. The van der Waals surface area contributed by atoms with Crippen LogP contribution >= 0.6 is 12.4 Å². The summed E-state index contributed by atoms with van der Waals surface area (Å²) in [6.07, 6.45) is 4.97. The molecule has 0 aliphatic carbocycles. The highest BCUT2D eigenvalue weighted by molar-refractivity contribution is 5.85. The summed E-state index contributed by atoms with van der Waals surface area (Å²) in [6.45, 7) is 9.80. The van der Waals surface area contributed by atoms with E-state index in [9.17, 15) is 4.79 Å². The van der Waals surface area contributed by atoms with Gasteiger partial charge in [0.05, 0.1) is 13.2 Å². The lowest BCUT2D eigenvalue weighted by Crippen LogP contribution is -2.50. The standard InChI is InChI=1S/C19H26N2O2.ClH/c1-4-8-15(9-5-2)19(22)21-13-12-20-14-17(21)16-10-6-7-11-18(16)23-3;/h4-7,10-11,15,17,20H,1-2,8-9,12-14H2,3H3;1H. The third-order valence-corrected chi connectivity index (χ3v) is 4.28. The maximum atomic E-state index is 13.0. The van der Waals surface area contributed by atoms with Gasteiger partial charge in [0.2, 0.25) is 5.91 Å². The average molecular weight is 351 g/mol. The number of nitrogens with zero attached hydrogens (tertiary/aromatic N) is 1. The van der Waals surface area contributed by atoms with Crippen LogP contribution < -0.4 is 10.1 Å². The van der Waals surface area contributed by atoms with E-state index in [1.807, 2.05) is 41.3 Å². The number of para-hydroxylation sites is 1. The van der Waals surface area contributed by atoms with Gasteiger partial charge in [-0.05, 0) is 18.9 Å². The monoisotopic (exact) mass is 350 g/mol. The molecule has 1 aliphatic heterocycles. The number of ether oxygens (including phenoxy) is 1. The highest BCUT2D eigenvalue weighted by Crippen LogP contribution is 2.31. The summed E-state index contributed by atoms with van der Waals surface area (Å²) in [7, 11) is 1.67. The van der Waals surface area contributed by atoms with Crippen LogP contribution in [0.15, 0.2) is 49.6 Å². The van der Waals surface area contributed by atoms with E-state index in [-0.39, 0.29) is 30.3 Å². The van der Waals surface area contributed by atoms with Gasteiger partial charge in [-0.2, -0.15) is 0 Å². The van der Waals surface area contributed by atoms with Crippen LogP contribution in [-0.2, 0) is 4.79 Å². The number of allylic oxidation sites excluding steroid dienone is 2. The predicted octanol–water partition coefficient (Wildman–Crippen LogP) is 3.36. The fraction of sp³-hybridized carbons (Fsp3) is 0.421. The number of carbonyl (C=O) groups is 1. The Bertz CT molecular complexity index is 552. The molecule has 1 N–H and O–H groups in total. The van der Waals surface area contributed by atoms with Crippen LogP contribution in [0.4, 0.5) is 0 Å². The number of methoxy groups -OCH3 is 1. The van der Waals surface area contributed by atoms with Crippen molar-refractivity contribution >= 4 is 18.3 Å².